The Morgan fingerprint density at radius 3 is 2.83 bits per heavy atom. The molecule has 1 atom stereocenters. The van der Waals surface area contributed by atoms with E-state index < -0.39 is 0 Å². The van der Waals surface area contributed by atoms with Crippen LogP contribution in [-0.2, 0) is 6.42 Å². The molecule has 1 fully saturated rings. The minimum atomic E-state index is 0.157. The molecular formula is C19H26N4O. The Morgan fingerprint density at radius 1 is 1.29 bits per heavy atom. The van der Waals surface area contributed by atoms with Crippen LogP contribution in [0.4, 0.5) is 5.69 Å². The topological polar surface area (TPSA) is 66.8 Å². The first-order valence-electron chi connectivity index (χ1n) is 8.69. The standard InChI is InChI=1S/C19H26N4O/c1-2-15-7-5-8-16(13-15)22-19(20)21-14-17(18-9-6-12-24-18)23-10-3-4-11-23/h5-9,12-13,17H,2-4,10-11,14H2,1H3,(H3,20,21,22). The first-order valence-corrected chi connectivity index (χ1v) is 8.69. The minimum Gasteiger partial charge on any atom is -0.468 e. The zero-order chi connectivity index (χ0) is 16.8. The monoisotopic (exact) mass is 326 g/mol. The molecule has 1 saturated heterocycles. The Kier molecular flexibility index (Phi) is 5.54. The quantitative estimate of drug-likeness (QED) is 0.630. The molecule has 3 rings (SSSR count). The number of anilines is 1. The molecule has 0 aliphatic carbocycles. The second-order valence-corrected chi connectivity index (χ2v) is 6.18. The Balaban J connectivity index is 1.66. The van der Waals surface area contributed by atoms with Crippen molar-refractivity contribution in [2.24, 2.45) is 10.7 Å². The number of nitrogens with two attached hydrogens (primary N) is 1. The molecule has 24 heavy (non-hydrogen) atoms. The van der Waals surface area contributed by atoms with Gasteiger partial charge in [0.15, 0.2) is 5.96 Å². The van der Waals surface area contributed by atoms with Gasteiger partial charge in [0.1, 0.15) is 5.76 Å². The fourth-order valence-electron chi connectivity index (χ4n) is 3.16. The van der Waals surface area contributed by atoms with Crippen LogP contribution in [0.1, 0.15) is 37.1 Å². The molecule has 0 radical (unpaired) electrons. The van der Waals surface area contributed by atoms with Crippen molar-refractivity contribution < 1.29 is 4.42 Å². The van der Waals surface area contributed by atoms with E-state index in [2.05, 4.69) is 34.3 Å². The van der Waals surface area contributed by atoms with Gasteiger partial charge in [-0.25, -0.2) is 0 Å². The number of furan rings is 1. The third-order valence-electron chi connectivity index (χ3n) is 4.50. The Hall–Kier alpha value is -2.27. The van der Waals surface area contributed by atoms with Gasteiger partial charge >= 0.3 is 0 Å². The van der Waals surface area contributed by atoms with Crippen LogP contribution in [-0.4, -0.2) is 30.5 Å². The van der Waals surface area contributed by atoms with Crippen LogP contribution >= 0.6 is 0 Å². The Labute approximate surface area is 143 Å². The van der Waals surface area contributed by atoms with Gasteiger partial charge in [0, 0.05) is 5.69 Å². The lowest BCUT2D eigenvalue weighted by Crippen LogP contribution is -2.30. The summed E-state index contributed by atoms with van der Waals surface area (Å²) in [5, 5.41) is 3.19. The first-order chi connectivity index (χ1) is 11.8. The number of nitrogens with zero attached hydrogens (tertiary/aromatic N) is 2. The van der Waals surface area contributed by atoms with E-state index in [0.29, 0.717) is 12.5 Å². The van der Waals surface area contributed by atoms with Crippen molar-refractivity contribution in [2.45, 2.75) is 32.2 Å². The second kappa shape index (κ2) is 8.02. The van der Waals surface area contributed by atoms with E-state index in [1.165, 1.54) is 18.4 Å². The van der Waals surface area contributed by atoms with E-state index in [4.69, 9.17) is 10.2 Å². The summed E-state index contributed by atoms with van der Waals surface area (Å²) in [4.78, 5) is 6.98. The van der Waals surface area contributed by atoms with Crippen molar-refractivity contribution in [3.05, 3.63) is 54.0 Å². The summed E-state index contributed by atoms with van der Waals surface area (Å²) in [6.07, 6.45) is 5.19. The van der Waals surface area contributed by atoms with Crippen LogP contribution in [0.15, 0.2) is 52.1 Å². The lowest BCUT2D eigenvalue weighted by Gasteiger charge is -2.24. The Morgan fingerprint density at radius 2 is 2.12 bits per heavy atom. The number of rotatable bonds is 6. The molecule has 2 heterocycles. The molecule has 0 bridgehead atoms. The van der Waals surface area contributed by atoms with Gasteiger partial charge in [-0.15, -0.1) is 0 Å². The maximum absolute atomic E-state index is 6.09. The maximum atomic E-state index is 6.09. The van der Waals surface area contributed by atoms with Gasteiger partial charge in [0.25, 0.3) is 0 Å². The third kappa shape index (κ3) is 4.17. The van der Waals surface area contributed by atoms with Crippen molar-refractivity contribution in [3.8, 4) is 0 Å². The molecule has 1 aromatic carbocycles. The third-order valence-corrected chi connectivity index (χ3v) is 4.50. The maximum Gasteiger partial charge on any atom is 0.193 e. The summed E-state index contributed by atoms with van der Waals surface area (Å²) >= 11 is 0. The van der Waals surface area contributed by atoms with E-state index in [-0.39, 0.29) is 6.04 Å². The lowest BCUT2D eigenvalue weighted by molar-refractivity contribution is 0.221. The molecule has 1 aromatic heterocycles. The molecule has 1 unspecified atom stereocenters. The molecular weight excluding hydrogens is 300 g/mol. The molecule has 5 nitrogen and oxygen atoms in total. The summed E-state index contributed by atoms with van der Waals surface area (Å²) in [6.45, 7) is 4.92. The molecule has 128 valence electrons. The van der Waals surface area contributed by atoms with Crippen LogP contribution in [0.25, 0.3) is 0 Å². The van der Waals surface area contributed by atoms with Gasteiger partial charge in [-0.2, -0.15) is 0 Å². The summed E-state index contributed by atoms with van der Waals surface area (Å²) in [5.74, 6) is 1.40. The number of nitrogens with one attached hydrogen (secondary N) is 1. The van der Waals surface area contributed by atoms with E-state index in [1.807, 2.05) is 24.3 Å². The molecule has 0 saturated carbocycles. The van der Waals surface area contributed by atoms with Crippen molar-refractivity contribution in [2.75, 3.05) is 25.0 Å². The summed E-state index contributed by atoms with van der Waals surface area (Å²) in [7, 11) is 0. The number of hydrogen-bond donors (Lipinski definition) is 2. The zero-order valence-electron chi connectivity index (χ0n) is 14.2. The highest BCUT2D eigenvalue weighted by molar-refractivity contribution is 5.92. The summed E-state index contributed by atoms with van der Waals surface area (Å²) < 4.78 is 5.62. The van der Waals surface area contributed by atoms with Crippen molar-refractivity contribution in [1.29, 1.82) is 0 Å². The van der Waals surface area contributed by atoms with Gasteiger partial charge in [0.05, 0.1) is 18.8 Å². The zero-order valence-corrected chi connectivity index (χ0v) is 14.2. The number of likely N-dealkylation sites (tertiary alicyclic amines) is 1. The number of aliphatic imine (C=N–C) groups is 1. The van der Waals surface area contributed by atoms with E-state index >= 15 is 0 Å². The SMILES string of the molecule is CCc1cccc(NC(N)=NCC(c2ccco2)N2CCCC2)c1. The van der Waals surface area contributed by atoms with Crippen LogP contribution in [0.2, 0.25) is 0 Å². The van der Waals surface area contributed by atoms with E-state index in [0.717, 1.165) is 31.0 Å². The number of benzene rings is 1. The fraction of sp³-hybridized carbons (Fsp3) is 0.421. The molecule has 2 aromatic rings. The van der Waals surface area contributed by atoms with E-state index in [9.17, 15) is 0 Å². The van der Waals surface area contributed by atoms with Crippen molar-refractivity contribution in [3.63, 3.8) is 0 Å². The molecule has 5 heteroatoms. The van der Waals surface area contributed by atoms with Gasteiger partial charge in [0.2, 0.25) is 0 Å². The molecule has 3 N–H and O–H groups in total. The van der Waals surface area contributed by atoms with E-state index in [1.54, 1.807) is 6.26 Å². The Bertz CT molecular complexity index is 660. The van der Waals surface area contributed by atoms with Gasteiger partial charge in [-0.1, -0.05) is 19.1 Å². The molecule has 0 amide bonds. The molecule has 1 aliphatic rings. The number of aryl methyl sites for hydroxylation is 1. The van der Waals surface area contributed by atoms with Crippen molar-refractivity contribution >= 4 is 11.6 Å². The van der Waals surface area contributed by atoms with Crippen LogP contribution in [0.5, 0.6) is 0 Å². The highest BCUT2D eigenvalue weighted by Gasteiger charge is 2.25. The number of guanidine groups is 1. The average Bonchev–Trinajstić information content (AvgIpc) is 3.29. The van der Waals surface area contributed by atoms with Crippen LogP contribution in [0, 0.1) is 0 Å². The second-order valence-electron chi connectivity index (χ2n) is 6.18. The highest BCUT2D eigenvalue weighted by Crippen LogP contribution is 2.25. The first kappa shape index (κ1) is 16.6. The average molecular weight is 326 g/mol. The predicted octanol–water partition coefficient (Wildman–Crippen LogP) is 3.41. The largest absolute Gasteiger partial charge is 0.468 e. The molecule has 1 aliphatic heterocycles. The normalized spacial score (nSPS) is 17.1. The molecule has 0 spiro atoms. The van der Waals surface area contributed by atoms with Crippen LogP contribution in [0.3, 0.4) is 0 Å². The van der Waals surface area contributed by atoms with Gasteiger partial charge in [-0.05, 0) is 62.2 Å². The van der Waals surface area contributed by atoms with Crippen LogP contribution < -0.4 is 11.1 Å². The predicted molar refractivity (Wildman–Crippen MR) is 98.2 cm³/mol. The van der Waals surface area contributed by atoms with Gasteiger partial charge < -0.3 is 15.5 Å². The fourth-order valence-corrected chi connectivity index (χ4v) is 3.16. The minimum absolute atomic E-state index is 0.157. The van der Waals surface area contributed by atoms with Crippen molar-refractivity contribution in [1.82, 2.24) is 4.90 Å². The summed E-state index contributed by atoms with van der Waals surface area (Å²) in [5.41, 5.74) is 8.34. The lowest BCUT2D eigenvalue weighted by atomic mass is 10.1. The summed E-state index contributed by atoms with van der Waals surface area (Å²) in [6, 6.07) is 12.4. The smallest absolute Gasteiger partial charge is 0.193 e. The van der Waals surface area contributed by atoms with Gasteiger partial charge in [-0.3, -0.25) is 9.89 Å². The highest BCUT2D eigenvalue weighted by atomic mass is 16.3. The number of hydrogen-bond acceptors (Lipinski definition) is 3.